The van der Waals surface area contributed by atoms with Crippen molar-refractivity contribution in [1.82, 2.24) is 15.1 Å². The number of nitrogens with zero attached hydrogens (tertiary/aromatic N) is 2. The van der Waals surface area contributed by atoms with Crippen molar-refractivity contribution in [2.75, 3.05) is 33.7 Å². The van der Waals surface area contributed by atoms with E-state index in [2.05, 4.69) is 36.1 Å². The Morgan fingerprint density at radius 2 is 1.79 bits per heavy atom. The van der Waals surface area contributed by atoms with E-state index in [-0.39, 0.29) is 0 Å². The smallest absolute Gasteiger partial charge is 0.0250 e. The first kappa shape index (κ1) is 15.3. The molecule has 0 aromatic rings. The Morgan fingerprint density at radius 3 is 2.42 bits per heavy atom. The summed E-state index contributed by atoms with van der Waals surface area (Å²) in [7, 11) is 4.46. The van der Waals surface area contributed by atoms with Crippen molar-refractivity contribution in [3.63, 3.8) is 0 Å². The van der Waals surface area contributed by atoms with Gasteiger partial charge in [-0.2, -0.15) is 0 Å². The molecule has 3 nitrogen and oxygen atoms in total. The molecule has 1 aliphatic heterocycles. The number of hydrogen-bond acceptors (Lipinski definition) is 3. The third kappa shape index (κ3) is 4.17. The van der Waals surface area contributed by atoms with E-state index in [1.165, 1.54) is 58.0 Å². The maximum Gasteiger partial charge on any atom is 0.0250 e. The lowest BCUT2D eigenvalue weighted by atomic mass is 9.91. The Bertz CT molecular complexity index is 254. The molecule has 1 saturated heterocycles. The van der Waals surface area contributed by atoms with Crippen LogP contribution in [0.1, 0.15) is 51.9 Å². The van der Waals surface area contributed by atoms with Gasteiger partial charge in [0.1, 0.15) is 0 Å². The normalized spacial score (nSPS) is 34.4. The van der Waals surface area contributed by atoms with E-state index in [0.29, 0.717) is 0 Å². The van der Waals surface area contributed by atoms with Crippen molar-refractivity contribution in [2.45, 2.75) is 70.0 Å². The zero-order valence-corrected chi connectivity index (χ0v) is 13.2. The summed E-state index contributed by atoms with van der Waals surface area (Å²) in [5.74, 6) is 0. The van der Waals surface area contributed by atoms with Crippen LogP contribution in [-0.4, -0.2) is 61.7 Å². The molecule has 2 aliphatic rings. The first-order valence-corrected chi connectivity index (χ1v) is 8.36. The molecule has 3 heteroatoms. The fraction of sp³-hybridized carbons (Fsp3) is 1.00. The predicted molar refractivity (Wildman–Crippen MR) is 82.6 cm³/mol. The van der Waals surface area contributed by atoms with E-state index in [1.54, 1.807) is 0 Å². The molecule has 0 aromatic carbocycles. The predicted octanol–water partition coefficient (Wildman–Crippen LogP) is 2.32. The summed E-state index contributed by atoms with van der Waals surface area (Å²) in [6.07, 6.45) is 9.85. The highest BCUT2D eigenvalue weighted by atomic mass is 15.3. The molecule has 0 bridgehead atoms. The number of nitrogens with one attached hydrogen (secondary N) is 1. The summed E-state index contributed by atoms with van der Waals surface area (Å²) in [5, 5.41) is 3.77. The molecule has 2 rings (SSSR count). The summed E-state index contributed by atoms with van der Waals surface area (Å²) < 4.78 is 0. The van der Waals surface area contributed by atoms with Gasteiger partial charge in [-0.1, -0.05) is 32.6 Å². The van der Waals surface area contributed by atoms with Crippen LogP contribution < -0.4 is 5.32 Å². The minimum absolute atomic E-state index is 0.728. The third-order valence-corrected chi connectivity index (χ3v) is 5.09. The molecule has 0 amide bonds. The molecule has 0 aromatic heterocycles. The van der Waals surface area contributed by atoms with Crippen LogP contribution in [-0.2, 0) is 0 Å². The van der Waals surface area contributed by atoms with Crippen LogP contribution in [0.4, 0.5) is 0 Å². The SMILES string of the molecule is CCNC1CCCCCCC1N1CCC(N(C)C)C1. The van der Waals surface area contributed by atoms with Crippen LogP contribution in [0.25, 0.3) is 0 Å². The minimum Gasteiger partial charge on any atom is -0.313 e. The van der Waals surface area contributed by atoms with Crippen LogP contribution in [0, 0.1) is 0 Å². The summed E-state index contributed by atoms with van der Waals surface area (Å²) >= 11 is 0. The van der Waals surface area contributed by atoms with Gasteiger partial charge in [-0.05, 0) is 39.9 Å². The monoisotopic (exact) mass is 267 g/mol. The maximum atomic E-state index is 3.77. The summed E-state index contributed by atoms with van der Waals surface area (Å²) in [6.45, 7) is 5.95. The molecule has 1 aliphatic carbocycles. The summed E-state index contributed by atoms with van der Waals surface area (Å²) in [6, 6.07) is 2.28. The van der Waals surface area contributed by atoms with E-state index in [9.17, 15) is 0 Å². The highest BCUT2D eigenvalue weighted by molar-refractivity contribution is 4.91. The standard InChI is InChI=1S/C16H33N3/c1-4-17-15-9-7-5-6-8-10-16(15)19-12-11-14(13-19)18(2)3/h14-17H,4-13H2,1-3H3. The molecule has 2 fully saturated rings. The van der Waals surface area contributed by atoms with Crippen molar-refractivity contribution in [2.24, 2.45) is 0 Å². The largest absolute Gasteiger partial charge is 0.313 e. The molecule has 112 valence electrons. The van der Waals surface area contributed by atoms with E-state index in [1.807, 2.05) is 0 Å². The molecular weight excluding hydrogens is 234 g/mol. The Hall–Kier alpha value is -0.120. The average Bonchev–Trinajstić information content (AvgIpc) is 2.82. The lowest BCUT2D eigenvalue weighted by molar-refractivity contribution is 0.151. The Labute approximate surface area is 119 Å². The first-order chi connectivity index (χ1) is 9.22. The maximum absolute atomic E-state index is 3.77. The van der Waals surface area contributed by atoms with Gasteiger partial charge in [0.05, 0.1) is 0 Å². The number of hydrogen-bond donors (Lipinski definition) is 1. The van der Waals surface area contributed by atoms with Gasteiger partial charge < -0.3 is 10.2 Å². The van der Waals surface area contributed by atoms with Crippen molar-refractivity contribution in [1.29, 1.82) is 0 Å². The number of rotatable bonds is 4. The second-order valence-electron chi connectivity index (χ2n) is 6.62. The lowest BCUT2D eigenvalue weighted by Crippen LogP contribution is -2.50. The molecule has 1 saturated carbocycles. The molecular formula is C16H33N3. The molecule has 19 heavy (non-hydrogen) atoms. The van der Waals surface area contributed by atoms with Gasteiger partial charge in [-0.25, -0.2) is 0 Å². The third-order valence-electron chi connectivity index (χ3n) is 5.09. The van der Waals surface area contributed by atoms with Gasteiger partial charge in [-0.15, -0.1) is 0 Å². The fourth-order valence-corrected chi connectivity index (χ4v) is 3.89. The van der Waals surface area contributed by atoms with Gasteiger partial charge >= 0.3 is 0 Å². The van der Waals surface area contributed by atoms with Crippen LogP contribution in [0.15, 0.2) is 0 Å². The summed E-state index contributed by atoms with van der Waals surface area (Å²) in [4.78, 5) is 5.19. The van der Waals surface area contributed by atoms with Gasteiger partial charge in [0.25, 0.3) is 0 Å². The highest BCUT2D eigenvalue weighted by Gasteiger charge is 2.33. The van der Waals surface area contributed by atoms with Crippen molar-refractivity contribution in [3.05, 3.63) is 0 Å². The molecule has 3 atom stereocenters. The minimum atomic E-state index is 0.728. The van der Waals surface area contributed by atoms with Crippen LogP contribution in [0.3, 0.4) is 0 Å². The molecule has 1 N–H and O–H groups in total. The van der Waals surface area contributed by atoms with Crippen molar-refractivity contribution >= 4 is 0 Å². The number of likely N-dealkylation sites (N-methyl/N-ethyl adjacent to an activating group) is 2. The Morgan fingerprint density at radius 1 is 1.05 bits per heavy atom. The lowest BCUT2D eigenvalue weighted by Gasteiger charge is -2.37. The van der Waals surface area contributed by atoms with Crippen molar-refractivity contribution in [3.8, 4) is 0 Å². The van der Waals surface area contributed by atoms with Gasteiger partial charge in [-0.3, -0.25) is 4.90 Å². The van der Waals surface area contributed by atoms with Crippen LogP contribution in [0.2, 0.25) is 0 Å². The number of likely N-dealkylation sites (tertiary alicyclic amines) is 1. The van der Waals surface area contributed by atoms with Crippen molar-refractivity contribution < 1.29 is 0 Å². The fourth-order valence-electron chi connectivity index (χ4n) is 3.89. The molecule has 0 radical (unpaired) electrons. The average molecular weight is 267 g/mol. The van der Waals surface area contributed by atoms with Gasteiger partial charge in [0, 0.05) is 31.2 Å². The second-order valence-corrected chi connectivity index (χ2v) is 6.62. The summed E-state index contributed by atoms with van der Waals surface area (Å²) in [5.41, 5.74) is 0. The van der Waals surface area contributed by atoms with E-state index >= 15 is 0 Å². The van der Waals surface area contributed by atoms with Crippen LogP contribution in [0.5, 0.6) is 0 Å². The zero-order valence-electron chi connectivity index (χ0n) is 13.2. The second kappa shape index (κ2) is 7.61. The topological polar surface area (TPSA) is 18.5 Å². The molecule has 3 unspecified atom stereocenters. The Balaban J connectivity index is 1.96. The zero-order chi connectivity index (χ0) is 13.7. The van der Waals surface area contributed by atoms with Crippen LogP contribution >= 0.6 is 0 Å². The first-order valence-electron chi connectivity index (χ1n) is 8.36. The highest BCUT2D eigenvalue weighted by Crippen LogP contribution is 2.26. The molecule has 1 heterocycles. The van der Waals surface area contributed by atoms with Gasteiger partial charge in [0.2, 0.25) is 0 Å². The Kier molecular flexibility index (Phi) is 6.11. The quantitative estimate of drug-likeness (QED) is 0.843. The molecule has 0 spiro atoms. The van der Waals surface area contributed by atoms with Gasteiger partial charge in [0.15, 0.2) is 0 Å². The van der Waals surface area contributed by atoms with E-state index in [0.717, 1.165) is 24.7 Å². The van der Waals surface area contributed by atoms with E-state index < -0.39 is 0 Å². The van der Waals surface area contributed by atoms with E-state index in [4.69, 9.17) is 0 Å².